The first-order valence-electron chi connectivity index (χ1n) is 5.49. The molecule has 1 aromatic rings. The molecule has 0 spiro atoms. The fourth-order valence-electron chi connectivity index (χ4n) is 1.50. The Labute approximate surface area is 114 Å². The van der Waals surface area contributed by atoms with Crippen LogP contribution in [0.1, 0.15) is 23.7 Å². The van der Waals surface area contributed by atoms with Gasteiger partial charge in [0.15, 0.2) is 0 Å². The molecule has 0 saturated heterocycles. The minimum absolute atomic E-state index is 0.0328. The molecular weight excluding hydrogens is 274 g/mol. The highest BCUT2D eigenvalue weighted by molar-refractivity contribution is 7.84. The lowest BCUT2D eigenvalue weighted by molar-refractivity contribution is 0.0698. The van der Waals surface area contributed by atoms with Crippen LogP contribution in [0.15, 0.2) is 18.2 Å². The van der Waals surface area contributed by atoms with E-state index in [-0.39, 0.29) is 11.6 Å². The summed E-state index contributed by atoms with van der Waals surface area (Å²) in [6.07, 6.45) is 2.35. The van der Waals surface area contributed by atoms with Crippen LogP contribution in [0.3, 0.4) is 0 Å². The van der Waals surface area contributed by atoms with Gasteiger partial charge in [-0.15, -0.1) is 0 Å². The molecule has 0 radical (unpaired) electrons. The molecule has 18 heavy (non-hydrogen) atoms. The number of anilines is 1. The molecule has 0 aromatic heterocycles. The summed E-state index contributed by atoms with van der Waals surface area (Å²) >= 11 is 5.85. The standard InChI is InChI=1S/C12H16ClNO3S/c1-8(5-6-18(2)17)14-11-7-9(13)3-4-10(11)12(15)16/h3-4,7-8,14H,5-6H2,1-2H3,(H,15,16). The molecule has 0 saturated carbocycles. The third kappa shape index (κ3) is 4.66. The summed E-state index contributed by atoms with van der Waals surface area (Å²) < 4.78 is 11.0. The monoisotopic (exact) mass is 289 g/mol. The Balaban J connectivity index is 2.79. The molecule has 1 rings (SSSR count). The van der Waals surface area contributed by atoms with Crippen LogP contribution in [0, 0.1) is 0 Å². The first kappa shape index (κ1) is 15.0. The van der Waals surface area contributed by atoms with E-state index in [4.69, 9.17) is 16.7 Å². The number of halogens is 1. The quantitative estimate of drug-likeness (QED) is 0.845. The van der Waals surface area contributed by atoms with Crippen molar-refractivity contribution in [2.24, 2.45) is 0 Å². The van der Waals surface area contributed by atoms with Crippen molar-refractivity contribution >= 4 is 34.1 Å². The van der Waals surface area contributed by atoms with E-state index in [0.717, 1.165) is 0 Å². The first-order chi connectivity index (χ1) is 8.40. The lowest BCUT2D eigenvalue weighted by Crippen LogP contribution is -2.19. The van der Waals surface area contributed by atoms with Gasteiger partial charge in [-0.3, -0.25) is 4.21 Å². The molecular formula is C12H16ClNO3S. The lowest BCUT2D eigenvalue weighted by atomic mass is 10.1. The molecule has 4 nitrogen and oxygen atoms in total. The summed E-state index contributed by atoms with van der Waals surface area (Å²) in [6.45, 7) is 1.92. The van der Waals surface area contributed by atoms with Crippen molar-refractivity contribution in [1.29, 1.82) is 0 Å². The summed E-state index contributed by atoms with van der Waals surface area (Å²) in [6, 6.07) is 4.63. The Morgan fingerprint density at radius 2 is 2.22 bits per heavy atom. The molecule has 1 aromatic carbocycles. The second kappa shape index (κ2) is 6.75. The highest BCUT2D eigenvalue weighted by atomic mass is 35.5. The van der Waals surface area contributed by atoms with Crippen LogP contribution in [0.25, 0.3) is 0 Å². The van der Waals surface area contributed by atoms with Crippen molar-refractivity contribution < 1.29 is 14.1 Å². The maximum Gasteiger partial charge on any atom is 0.337 e. The van der Waals surface area contributed by atoms with E-state index in [0.29, 0.717) is 22.9 Å². The Bertz CT molecular complexity index is 465. The van der Waals surface area contributed by atoms with Gasteiger partial charge in [-0.25, -0.2) is 4.79 Å². The van der Waals surface area contributed by atoms with Gasteiger partial charge in [0, 0.05) is 33.9 Å². The van der Waals surface area contributed by atoms with Gasteiger partial charge in [0.25, 0.3) is 0 Å². The predicted molar refractivity (Wildman–Crippen MR) is 75.0 cm³/mol. The van der Waals surface area contributed by atoms with Gasteiger partial charge in [0.1, 0.15) is 0 Å². The number of carbonyl (C=O) groups is 1. The molecule has 6 heteroatoms. The second-order valence-electron chi connectivity index (χ2n) is 4.11. The minimum atomic E-state index is -1.000. The molecule has 0 aliphatic rings. The van der Waals surface area contributed by atoms with Gasteiger partial charge in [0.2, 0.25) is 0 Å². The van der Waals surface area contributed by atoms with Gasteiger partial charge in [-0.2, -0.15) is 0 Å². The normalized spacial score (nSPS) is 13.9. The summed E-state index contributed by atoms with van der Waals surface area (Å²) in [7, 11) is -0.845. The van der Waals surface area contributed by atoms with Crippen molar-refractivity contribution in [2.75, 3.05) is 17.3 Å². The fraction of sp³-hybridized carbons (Fsp3) is 0.417. The number of hydrogen-bond acceptors (Lipinski definition) is 3. The molecule has 2 atom stereocenters. The zero-order valence-corrected chi connectivity index (χ0v) is 11.8. The number of aromatic carboxylic acids is 1. The van der Waals surface area contributed by atoms with E-state index in [1.807, 2.05) is 6.92 Å². The van der Waals surface area contributed by atoms with Crippen LogP contribution in [-0.2, 0) is 10.8 Å². The minimum Gasteiger partial charge on any atom is -0.478 e. The topological polar surface area (TPSA) is 66.4 Å². The van der Waals surface area contributed by atoms with Gasteiger partial charge in [-0.05, 0) is 31.5 Å². The summed E-state index contributed by atoms with van der Waals surface area (Å²) in [5.74, 6) is -0.419. The van der Waals surface area contributed by atoms with Gasteiger partial charge >= 0.3 is 5.97 Å². The van der Waals surface area contributed by atoms with Gasteiger partial charge < -0.3 is 10.4 Å². The van der Waals surface area contributed by atoms with Crippen molar-refractivity contribution in [2.45, 2.75) is 19.4 Å². The fourth-order valence-corrected chi connectivity index (χ4v) is 2.36. The Kier molecular flexibility index (Phi) is 5.62. The zero-order valence-electron chi connectivity index (χ0n) is 10.3. The molecule has 2 N–H and O–H groups in total. The molecule has 0 aliphatic carbocycles. The average molecular weight is 290 g/mol. The van der Waals surface area contributed by atoms with Crippen LogP contribution in [0.2, 0.25) is 5.02 Å². The molecule has 0 bridgehead atoms. The molecule has 0 amide bonds. The number of nitrogens with one attached hydrogen (secondary N) is 1. The third-order valence-corrected chi connectivity index (χ3v) is 3.50. The van der Waals surface area contributed by atoms with E-state index in [1.54, 1.807) is 18.4 Å². The van der Waals surface area contributed by atoms with E-state index in [2.05, 4.69) is 5.32 Å². The molecule has 0 aliphatic heterocycles. The SMILES string of the molecule is CC(CCS(C)=O)Nc1cc(Cl)ccc1C(=O)O. The van der Waals surface area contributed by atoms with Gasteiger partial charge in [0.05, 0.1) is 11.3 Å². The highest BCUT2D eigenvalue weighted by Gasteiger charge is 2.12. The Morgan fingerprint density at radius 3 is 2.78 bits per heavy atom. The molecule has 100 valence electrons. The lowest BCUT2D eigenvalue weighted by Gasteiger charge is -2.16. The van der Waals surface area contributed by atoms with Crippen LogP contribution >= 0.6 is 11.6 Å². The van der Waals surface area contributed by atoms with Crippen LogP contribution in [0.4, 0.5) is 5.69 Å². The van der Waals surface area contributed by atoms with Crippen LogP contribution < -0.4 is 5.32 Å². The number of rotatable bonds is 6. The first-order valence-corrected chi connectivity index (χ1v) is 7.60. The summed E-state index contributed by atoms with van der Waals surface area (Å²) in [5.41, 5.74) is 0.674. The van der Waals surface area contributed by atoms with Crippen LogP contribution in [0.5, 0.6) is 0 Å². The second-order valence-corrected chi connectivity index (χ2v) is 6.10. The van der Waals surface area contributed by atoms with Crippen molar-refractivity contribution in [3.63, 3.8) is 0 Å². The third-order valence-electron chi connectivity index (χ3n) is 2.45. The Hall–Kier alpha value is -1.07. The van der Waals surface area contributed by atoms with E-state index < -0.39 is 16.8 Å². The summed E-state index contributed by atoms with van der Waals surface area (Å²) in [4.78, 5) is 11.0. The predicted octanol–water partition coefficient (Wildman–Crippen LogP) is 2.61. The van der Waals surface area contributed by atoms with E-state index >= 15 is 0 Å². The zero-order chi connectivity index (χ0) is 13.7. The van der Waals surface area contributed by atoms with Crippen molar-refractivity contribution in [1.82, 2.24) is 0 Å². The Morgan fingerprint density at radius 1 is 1.56 bits per heavy atom. The smallest absolute Gasteiger partial charge is 0.337 e. The molecule has 0 heterocycles. The maximum absolute atomic E-state index is 11.0. The number of benzene rings is 1. The number of carboxylic acids is 1. The largest absolute Gasteiger partial charge is 0.478 e. The summed E-state index contributed by atoms with van der Waals surface area (Å²) in [5, 5.41) is 12.6. The highest BCUT2D eigenvalue weighted by Crippen LogP contribution is 2.22. The van der Waals surface area contributed by atoms with Crippen LogP contribution in [-0.4, -0.2) is 33.3 Å². The molecule has 2 unspecified atom stereocenters. The van der Waals surface area contributed by atoms with Gasteiger partial charge in [-0.1, -0.05) is 11.6 Å². The molecule has 0 fully saturated rings. The van der Waals surface area contributed by atoms with Crippen molar-refractivity contribution in [3.05, 3.63) is 28.8 Å². The number of hydrogen-bond donors (Lipinski definition) is 2. The van der Waals surface area contributed by atoms with Crippen molar-refractivity contribution in [3.8, 4) is 0 Å². The maximum atomic E-state index is 11.0. The van der Waals surface area contributed by atoms with E-state index in [1.165, 1.54) is 6.07 Å². The average Bonchev–Trinajstić information content (AvgIpc) is 2.26. The van der Waals surface area contributed by atoms with E-state index in [9.17, 15) is 9.00 Å². The number of carboxylic acid groups (broad SMARTS) is 1.